The maximum absolute atomic E-state index is 13.1. The molecule has 2 atom stereocenters. The van der Waals surface area contributed by atoms with Gasteiger partial charge in [-0.25, -0.2) is 0 Å². The summed E-state index contributed by atoms with van der Waals surface area (Å²) >= 11 is 6.89. The van der Waals surface area contributed by atoms with E-state index in [4.69, 9.17) is 35.6 Å². The highest BCUT2D eigenvalue weighted by Gasteiger charge is 2.40. The standard InChI is InChI=1S/C25H29NO6S2/c1-5-15-6-7-17(10-15)26-24(27)22(34-25(26)33)13-18-8-9-19(32-18)16-11-20(29-3)23(30-4)21(12-16)31-14-28-2/h8-9,11-13,15,17H,5-7,10,14H2,1-4H3/b22-13-. The minimum atomic E-state index is -0.0314. The third kappa shape index (κ3) is 4.96. The first-order chi connectivity index (χ1) is 16.5. The summed E-state index contributed by atoms with van der Waals surface area (Å²) in [6, 6.07) is 7.48. The molecule has 0 bridgehead atoms. The van der Waals surface area contributed by atoms with Gasteiger partial charge in [-0.15, -0.1) is 0 Å². The van der Waals surface area contributed by atoms with Crippen LogP contribution in [0, 0.1) is 5.92 Å². The lowest BCUT2D eigenvalue weighted by Crippen LogP contribution is -2.37. The van der Waals surface area contributed by atoms with Crippen LogP contribution in [0.15, 0.2) is 33.6 Å². The molecule has 2 aromatic rings. The zero-order valence-corrected chi connectivity index (χ0v) is 21.4. The molecule has 1 saturated carbocycles. The van der Waals surface area contributed by atoms with Gasteiger partial charge in [0.25, 0.3) is 5.91 Å². The Labute approximate surface area is 209 Å². The molecule has 2 fully saturated rings. The van der Waals surface area contributed by atoms with Gasteiger partial charge in [0.05, 0.1) is 19.1 Å². The Morgan fingerprint density at radius 3 is 2.65 bits per heavy atom. The summed E-state index contributed by atoms with van der Waals surface area (Å²) in [6.45, 7) is 2.27. The summed E-state index contributed by atoms with van der Waals surface area (Å²) in [6.07, 6.45) is 6.09. The van der Waals surface area contributed by atoms with E-state index in [9.17, 15) is 4.79 Å². The number of hydrogen-bond acceptors (Lipinski definition) is 8. The topological polar surface area (TPSA) is 70.4 Å². The quantitative estimate of drug-likeness (QED) is 0.244. The lowest BCUT2D eigenvalue weighted by molar-refractivity contribution is -0.123. The smallest absolute Gasteiger partial charge is 0.266 e. The highest BCUT2D eigenvalue weighted by Crippen LogP contribution is 2.43. The predicted octanol–water partition coefficient (Wildman–Crippen LogP) is 5.73. The number of ether oxygens (including phenoxy) is 4. The number of carbonyl (C=O) groups excluding carboxylic acids is 1. The number of rotatable bonds is 9. The summed E-state index contributed by atoms with van der Waals surface area (Å²) < 4.78 is 28.3. The highest BCUT2D eigenvalue weighted by atomic mass is 32.2. The molecule has 1 aromatic carbocycles. The number of thiocarbonyl (C=S) groups is 1. The number of methoxy groups -OCH3 is 3. The molecule has 0 N–H and O–H groups in total. The lowest BCUT2D eigenvalue weighted by Gasteiger charge is -2.22. The van der Waals surface area contributed by atoms with Gasteiger partial charge in [0.1, 0.15) is 15.8 Å². The first kappa shape index (κ1) is 24.6. The molecule has 9 heteroatoms. The van der Waals surface area contributed by atoms with Crippen LogP contribution >= 0.6 is 24.0 Å². The molecule has 7 nitrogen and oxygen atoms in total. The van der Waals surface area contributed by atoms with Crippen molar-refractivity contribution in [2.24, 2.45) is 5.92 Å². The molecule has 4 rings (SSSR count). The van der Waals surface area contributed by atoms with E-state index in [2.05, 4.69) is 6.92 Å². The largest absolute Gasteiger partial charge is 0.493 e. The molecule has 1 aliphatic carbocycles. The maximum atomic E-state index is 13.1. The van der Waals surface area contributed by atoms with Gasteiger partial charge in [-0.3, -0.25) is 9.69 Å². The molecule has 34 heavy (non-hydrogen) atoms. The van der Waals surface area contributed by atoms with Crippen LogP contribution in [0.1, 0.15) is 38.4 Å². The van der Waals surface area contributed by atoms with Crippen LogP contribution in [0.4, 0.5) is 0 Å². The highest BCUT2D eigenvalue weighted by molar-refractivity contribution is 8.26. The normalized spacial score (nSPS) is 21.5. The van der Waals surface area contributed by atoms with Gasteiger partial charge in [-0.2, -0.15) is 0 Å². The van der Waals surface area contributed by atoms with Crippen molar-refractivity contribution in [2.75, 3.05) is 28.1 Å². The SMILES string of the molecule is CCC1CCC(N2C(=O)/C(=C/c3ccc(-c4cc(OC)c(OC)c(OCOC)c4)o3)SC2=S)C1. The summed E-state index contributed by atoms with van der Waals surface area (Å²) in [5.74, 6) is 3.26. The maximum Gasteiger partial charge on any atom is 0.266 e. The van der Waals surface area contributed by atoms with Gasteiger partial charge in [0.15, 0.2) is 18.3 Å². The van der Waals surface area contributed by atoms with Crippen LogP contribution in [-0.2, 0) is 9.53 Å². The molecule has 1 aliphatic heterocycles. The Balaban J connectivity index is 1.57. The van der Waals surface area contributed by atoms with E-state index < -0.39 is 0 Å². The van der Waals surface area contributed by atoms with Crippen molar-refractivity contribution < 1.29 is 28.2 Å². The molecule has 182 valence electrons. The fraction of sp³-hybridized carbons (Fsp3) is 0.440. The average Bonchev–Trinajstić information content (AvgIpc) is 3.56. The van der Waals surface area contributed by atoms with Crippen LogP contribution in [-0.4, -0.2) is 49.3 Å². The predicted molar refractivity (Wildman–Crippen MR) is 136 cm³/mol. The summed E-state index contributed by atoms with van der Waals surface area (Å²) in [5.41, 5.74) is 0.743. The molecule has 2 unspecified atom stereocenters. The summed E-state index contributed by atoms with van der Waals surface area (Å²) in [4.78, 5) is 15.5. The Hall–Kier alpha value is -2.49. The number of thioether (sulfide) groups is 1. The fourth-order valence-electron chi connectivity index (χ4n) is 4.46. The first-order valence-electron chi connectivity index (χ1n) is 11.2. The van der Waals surface area contributed by atoms with E-state index >= 15 is 0 Å². The Kier molecular flexibility index (Phi) is 7.85. The van der Waals surface area contributed by atoms with Gasteiger partial charge in [0.2, 0.25) is 5.75 Å². The van der Waals surface area contributed by atoms with Crippen LogP contribution in [0.25, 0.3) is 17.4 Å². The zero-order valence-electron chi connectivity index (χ0n) is 19.8. The number of nitrogens with zero attached hydrogens (tertiary/aromatic N) is 1. The van der Waals surface area contributed by atoms with Crippen molar-refractivity contribution in [3.05, 3.63) is 34.9 Å². The average molecular weight is 504 g/mol. The molecular formula is C25H29NO6S2. The third-order valence-electron chi connectivity index (χ3n) is 6.24. The minimum absolute atomic E-state index is 0.0314. The van der Waals surface area contributed by atoms with Gasteiger partial charge < -0.3 is 23.4 Å². The fourth-order valence-corrected chi connectivity index (χ4v) is 5.85. The van der Waals surface area contributed by atoms with Crippen LogP contribution in [0.5, 0.6) is 17.2 Å². The zero-order chi connectivity index (χ0) is 24.2. The number of hydrogen-bond donors (Lipinski definition) is 0. The van der Waals surface area contributed by atoms with E-state index in [0.717, 1.165) is 31.2 Å². The second-order valence-corrected chi connectivity index (χ2v) is 9.93. The second kappa shape index (κ2) is 10.8. The van der Waals surface area contributed by atoms with E-state index in [-0.39, 0.29) is 18.7 Å². The molecule has 0 spiro atoms. The number of amides is 1. The van der Waals surface area contributed by atoms with Crippen molar-refractivity contribution in [2.45, 2.75) is 38.6 Å². The molecular weight excluding hydrogens is 474 g/mol. The van der Waals surface area contributed by atoms with E-state index in [1.165, 1.54) is 11.8 Å². The van der Waals surface area contributed by atoms with Crippen molar-refractivity contribution in [3.63, 3.8) is 0 Å². The summed E-state index contributed by atoms with van der Waals surface area (Å²) in [7, 11) is 4.65. The second-order valence-electron chi connectivity index (χ2n) is 8.26. The van der Waals surface area contributed by atoms with Crippen molar-refractivity contribution >= 4 is 40.3 Å². The van der Waals surface area contributed by atoms with Gasteiger partial charge in [-0.1, -0.05) is 37.3 Å². The molecule has 1 saturated heterocycles. The lowest BCUT2D eigenvalue weighted by atomic mass is 10.1. The van der Waals surface area contributed by atoms with Crippen LogP contribution < -0.4 is 14.2 Å². The van der Waals surface area contributed by atoms with Crippen LogP contribution in [0.3, 0.4) is 0 Å². The van der Waals surface area contributed by atoms with E-state index in [0.29, 0.717) is 43.9 Å². The Morgan fingerprint density at radius 1 is 1.18 bits per heavy atom. The minimum Gasteiger partial charge on any atom is -0.493 e. The van der Waals surface area contributed by atoms with Gasteiger partial charge in [-0.05, 0) is 49.4 Å². The molecule has 1 aromatic heterocycles. The van der Waals surface area contributed by atoms with Crippen molar-refractivity contribution in [1.29, 1.82) is 0 Å². The summed E-state index contributed by atoms with van der Waals surface area (Å²) in [5, 5.41) is 0. The van der Waals surface area contributed by atoms with Crippen LogP contribution in [0.2, 0.25) is 0 Å². The van der Waals surface area contributed by atoms with E-state index in [1.807, 2.05) is 18.2 Å². The molecule has 0 radical (unpaired) electrons. The monoisotopic (exact) mass is 503 g/mol. The molecule has 1 amide bonds. The number of carbonyl (C=O) groups is 1. The van der Waals surface area contributed by atoms with Crippen molar-refractivity contribution in [3.8, 4) is 28.6 Å². The molecule has 2 heterocycles. The Bertz CT molecular complexity index is 1100. The third-order valence-corrected chi connectivity index (χ3v) is 7.57. The molecule has 2 aliphatic rings. The number of furan rings is 1. The van der Waals surface area contributed by atoms with Crippen molar-refractivity contribution in [1.82, 2.24) is 4.90 Å². The van der Waals surface area contributed by atoms with Gasteiger partial charge in [0, 0.05) is 24.8 Å². The first-order valence-corrected chi connectivity index (χ1v) is 12.5. The van der Waals surface area contributed by atoms with E-state index in [1.54, 1.807) is 38.4 Å². The Morgan fingerprint density at radius 2 is 1.97 bits per heavy atom. The van der Waals surface area contributed by atoms with Gasteiger partial charge >= 0.3 is 0 Å². The number of benzene rings is 1.